The first-order chi connectivity index (χ1) is 8.15. The number of nitrogens with zero attached hydrogens (tertiary/aromatic N) is 2. The lowest BCUT2D eigenvalue weighted by Gasteiger charge is -2.04. The molecule has 0 atom stereocenters. The molecule has 0 amide bonds. The Kier molecular flexibility index (Phi) is 3.81. The Labute approximate surface area is 111 Å². The van der Waals surface area contributed by atoms with Crippen LogP contribution in [0.3, 0.4) is 0 Å². The van der Waals surface area contributed by atoms with Crippen molar-refractivity contribution in [3.05, 3.63) is 46.2 Å². The SMILES string of the molecule is O=C(COc1ccc(Br)cc1)n1cc(Cl)cn1. The van der Waals surface area contributed by atoms with Crippen molar-refractivity contribution < 1.29 is 9.53 Å². The lowest BCUT2D eigenvalue weighted by atomic mass is 10.3. The fraction of sp³-hybridized carbons (Fsp3) is 0.0909. The quantitative estimate of drug-likeness (QED) is 0.874. The summed E-state index contributed by atoms with van der Waals surface area (Å²) in [5.74, 6) is 0.347. The molecular weight excluding hydrogens is 307 g/mol. The summed E-state index contributed by atoms with van der Waals surface area (Å²) < 4.78 is 7.42. The normalized spacial score (nSPS) is 10.2. The lowest BCUT2D eigenvalue weighted by Crippen LogP contribution is -2.19. The average Bonchev–Trinajstić information content (AvgIpc) is 2.75. The highest BCUT2D eigenvalue weighted by Gasteiger charge is 2.07. The topological polar surface area (TPSA) is 44.1 Å². The molecule has 0 unspecified atom stereocenters. The Morgan fingerprint density at radius 1 is 1.41 bits per heavy atom. The van der Waals surface area contributed by atoms with Gasteiger partial charge in [0.2, 0.25) is 0 Å². The number of ether oxygens (including phenoxy) is 1. The monoisotopic (exact) mass is 314 g/mol. The molecule has 0 bridgehead atoms. The van der Waals surface area contributed by atoms with Crippen LogP contribution in [-0.2, 0) is 0 Å². The molecule has 1 heterocycles. The van der Waals surface area contributed by atoms with E-state index in [9.17, 15) is 4.79 Å². The van der Waals surface area contributed by atoms with Crippen molar-refractivity contribution in [2.45, 2.75) is 0 Å². The van der Waals surface area contributed by atoms with Gasteiger partial charge in [-0.1, -0.05) is 27.5 Å². The second-order valence-electron chi connectivity index (χ2n) is 3.24. The molecule has 0 aliphatic carbocycles. The van der Waals surface area contributed by atoms with Gasteiger partial charge in [-0.2, -0.15) is 5.10 Å². The van der Waals surface area contributed by atoms with E-state index < -0.39 is 0 Å². The molecule has 4 nitrogen and oxygen atoms in total. The zero-order valence-corrected chi connectivity index (χ0v) is 11.0. The van der Waals surface area contributed by atoms with Gasteiger partial charge in [0.05, 0.1) is 17.4 Å². The van der Waals surface area contributed by atoms with E-state index in [0.29, 0.717) is 10.8 Å². The lowest BCUT2D eigenvalue weighted by molar-refractivity contribution is 0.0821. The number of benzene rings is 1. The highest BCUT2D eigenvalue weighted by molar-refractivity contribution is 9.10. The summed E-state index contributed by atoms with van der Waals surface area (Å²) in [5, 5.41) is 4.21. The maximum atomic E-state index is 11.6. The largest absolute Gasteiger partial charge is 0.484 e. The Morgan fingerprint density at radius 3 is 2.71 bits per heavy atom. The molecule has 6 heteroatoms. The Morgan fingerprint density at radius 2 is 2.12 bits per heavy atom. The molecule has 0 aliphatic heterocycles. The fourth-order valence-electron chi connectivity index (χ4n) is 1.18. The Hall–Kier alpha value is -1.33. The summed E-state index contributed by atoms with van der Waals surface area (Å²) in [6.07, 6.45) is 2.84. The molecule has 0 N–H and O–H groups in total. The van der Waals surface area contributed by atoms with Crippen LogP contribution in [0, 0.1) is 0 Å². The van der Waals surface area contributed by atoms with Gasteiger partial charge in [0, 0.05) is 4.47 Å². The first kappa shape index (κ1) is 12.1. The molecule has 2 aromatic rings. The predicted molar refractivity (Wildman–Crippen MR) is 67.5 cm³/mol. The van der Waals surface area contributed by atoms with Crippen LogP contribution < -0.4 is 4.74 Å². The Balaban J connectivity index is 1.94. The Bertz CT molecular complexity index is 525. The van der Waals surface area contributed by atoms with Gasteiger partial charge in [-0.05, 0) is 24.3 Å². The van der Waals surface area contributed by atoms with Crippen LogP contribution in [-0.4, -0.2) is 22.3 Å². The maximum absolute atomic E-state index is 11.6. The van der Waals surface area contributed by atoms with E-state index in [0.717, 1.165) is 9.15 Å². The van der Waals surface area contributed by atoms with Crippen molar-refractivity contribution in [3.63, 3.8) is 0 Å². The second kappa shape index (κ2) is 5.33. The molecule has 0 radical (unpaired) electrons. The van der Waals surface area contributed by atoms with Crippen LogP contribution in [0.25, 0.3) is 0 Å². The summed E-state index contributed by atoms with van der Waals surface area (Å²) in [6, 6.07) is 7.22. The highest BCUT2D eigenvalue weighted by Crippen LogP contribution is 2.16. The standard InChI is InChI=1S/C11H8BrClN2O2/c12-8-1-3-10(4-2-8)17-7-11(16)15-6-9(13)5-14-15/h1-6H,7H2. The molecule has 0 saturated heterocycles. The summed E-state index contributed by atoms with van der Waals surface area (Å²) >= 11 is 8.97. The van der Waals surface area contributed by atoms with Gasteiger partial charge in [-0.3, -0.25) is 4.79 Å². The number of hydrogen-bond acceptors (Lipinski definition) is 3. The molecule has 2 rings (SSSR count). The molecule has 1 aromatic heterocycles. The number of hydrogen-bond donors (Lipinski definition) is 0. The first-order valence-corrected chi connectivity index (χ1v) is 5.94. The number of rotatable bonds is 3. The van der Waals surface area contributed by atoms with Gasteiger partial charge in [0.1, 0.15) is 5.75 Å². The van der Waals surface area contributed by atoms with E-state index in [2.05, 4.69) is 21.0 Å². The van der Waals surface area contributed by atoms with Crippen LogP contribution in [0.1, 0.15) is 4.79 Å². The first-order valence-electron chi connectivity index (χ1n) is 4.77. The highest BCUT2D eigenvalue weighted by atomic mass is 79.9. The number of halogens is 2. The van der Waals surface area contributed by atoms with E-state index in [1.807, 2.05) is 12.1 Å². The van der Waals surface area contributed by atoms with Gasteiger partial charge in [-0.25, -0.2) is 4.68 Å². The van der Waals surface area contributed by atoms with Crippen molar-refractivity contribution in [3.8, 4) is 5.75 Å². The molecule has 0 fully saturated rings. The minimum Gasteiger partial charge on any atom is -0.484 e. The molecule has 88 valence electrons. The zero-order chi connectivity index (χ0) is 12.3. The van der Waals surface area contributed by atoms with Gasteiger partial charge in [-0.15, -0.1) is 0 Å². The van der Waals surface area contributed by atoms with Crippen LogP contribution in [0.2, 0.25) is 5.02 Å². The van der Waals surface area contributed by atoms with Gasteiger partial charge >= 0.3 is 0 Å². The maximum Gasteiger partial charge on any atom is 0.284 e. The fourth-order valence-corrected chi connectivity index (χ4v) is 1.58. The number of carbonyl (C=O) groups excluding carboxylic acids is 1. The summed E-state index contributed by atoms with van der Waals surface area (Å²) in [6.45, 7) is -0.0837. The van der Waals surface area contributed by atoms with Crippen molar-refractivity contribution in [1.82, 2.24) is 9.78 Å². The third-order valence-electron chi connectivity index (χ3n) is 1.98. The van der Waals surface area contributed by atoms with Crippen LogP contribution in [0.15, 0.2) is 41.1 Å². The summed E-state index contributed by atoms with van der Waals surface area (Å²) in [4.78, 5) is 11.6. The van der Waals surface area contributed by atoms with Crippen molar-refractivity contribution in [2.24, 2.45) is 0 Å². The summed E-state index contributed by atoms with van der Waals surface area (Å²) in [5.41, 5.74) is 0. The minimum absolute atomic E-state index is 0.0837. The molecule has 0 saturated carbocycles. The van der Waals surface area contributed by atoms with Crippen LogP contribution >= 0.6 is 27.5 Å². The zero-order valence-electron chi connectivity index (χ0n) is 8.64. The molecule has 17 heavy (non-hydrogen) atoms. The van der Waals surface area contributed by atoms with Gasteiger partial charge < -0.3 is 4.74 Å². The van der Waals surface area contributed by atoms with Gasteiger partial charge in [0.15, 0.2) is 6.61 Å². The third kappa shape index (κ3) is 3.31. The van der Waals surface area contributed by atoms with Crippen molar-refractivity contribution in [1.29, 1.82) is 0 Å². The van der Waals surface area contributed by atoms with Gasteiger partial charge in [0.25, 0.3) is 5.91 Å². The van der Waals surface area contributed by atoms with Crippen molar-refractivity contribution in [2.75, 3.05) is 6.61 Å². The average molecular weight is 316 g/mol. The van der Waals surface area contributed by atoms with E-state index >= 15 is 0 Å². The van der Waals surface area contributed by atoms with E-state index in [-0.39, 0.29) is 12.5 Å². The smallest absolute Gasteiger partial charge is 0.284 e. The molecule has 0 aliphatic rings. The third-order valence-corrected chi connectivity index (χ3v) is 2.71. The second-order valence-corrected chi connectivity index (χ2v) is 4.59. The number of aromatic nitrogens is 2. The van der Waals surface area contributed by atoms with E-state index in [4.69, 9.17) is 16.3 Å². The summed E-state index contributed by atoms with van der Waals surface area (Å²) in [7, 11) is 0. The van der Waals surface area contributed by atoms with Crippen LogP contribution in [0.5, 0.6) is 5.75 Å². The van der Waals surface area contributed by atoms with Crippen LogP contribution in [0.4, 0.5) is 0 Å². The van der Waals surface area contributed by atoms with E-state index in [1.165, 1.54) is 12.4 Å². The van der Waals surface area contributed by atoms with Crippen molar-refractivity contribution >= 4 is 33.4 Å². The molecule has 1 aromatic carbocycles. The molecular formula is C11H8BrClN2O2. The number of carbonyl (C=O) groups is 1. The predicted octanol–water partition coefficient (Wildman–Crippen LogP) is 3.02. The minimum atomic E-state index is -0.278. The molecule has 0 spiro atoms. The van der Waals surface area contributed by atoms with E-state index in [1.54, 1.807) is 12.1 Å².